The Bertz CT molecular complexity index is 982. The molecular formula is C22H22FN3O2S. The molecular weight excluding hydrogens is 389 g/mol. The molecule has 2 amide bonds. The number of thiazole rings is 1. The predicted molar refractivity (Wildman–Crippen MR) is 114 cm³/mol. The van der Waals surface area contributed by atoms with E-state index >= 15 is 0 Å². The summed E-state index contributed by atoms with van der Waals surface area (Å²) in [4.78, 5) is 28.6. The number of carbonyl (C=O) groups excluding carboxylic acids is 2. The van der Waals surface area contributed by atoms with E-state index in [1.54, 1.807) is 0 Å². The molecule has 2 N–H and O–H groups in total. The molecule has 0 radical (unpaired) electrons. The number of nitrogens with one attached hydrogen (secondary N) is 2. The van der Waals surface area contributed by atoms with Crippen molar-refractivity contribution >= 4 is 34.0 Å². The molecule has 0 atom stereocenters. The Labute approximate surface area is 173 Å². The van der Waals surface area contributed by atoms with Crippen LogP contribution in [0.5, 0.6) is 0 Å². The molecule has 0 aliphatic carbocycles. The van der Waals surface area contributed by atoms with Gasteiger partial charge in [0.15, 0.2) is 5.13 Å². The van der Waals surface area contributed by atoms with Gasteiger partial charge in [-0.1, -0.05) is 26.0 Å². The van der Waals surface area contributed by atoms with Gasteiger partial charge in [-0.25, -0.2) is 9.37 Å². The molecule has 0 saturated heterocycles. The fourth-order valence-electron chi connectivity index (χ4n) is 2.67. The number of aromatic nitrogens is 1. The van der Waals surface area contributed by atoms with Crippen LogP contribution in [0.4, 0.5) is 15.2 Å². The lowest BCUT2D eigenvalue weighted by Gasteiger charge is -2.08. The van der Waals surface area contributed by atoms with E-state index in [-0.39, 0.29) is 11.8 Å². The molecule has 0 unspecified atom stereocenters. The lowest BCUT2D eigenvalue weighted by molar-refractivity contribution is -0.116. The van der Waals surface area contributed by atoms with E-state index in [9.17, 15) is 14.0 Å². The molecule has 0 saturated carbocycles. The fourth-order valence-corrected chi connectivity index (χ4v) is 3.41. The second-order valence-electron chi connectivity index (χ2n) is 6.93. The van der Waals surface area contributed by atoms with Crippen molar-refractivity contribution in [2.45, 2.75) is 32.6 Å². The van der Waals surface area contributed by atoms with E-state index in [1.807, 2.05) is 29.6 Å². The van der Waals surface area contributed by atoms with E-state index in [1.165, 1.54) is 41.2 Å². The van der Waals surface area contributed by atoms with Crippen molar-refractivity contribution in [3.8, 4) is 0 Å². The number of carbonyl (C=O) groups is 2. The number of amides is 2. The summed E-state index contributed by atoms with van der Waals surface area (Å²) < 4.78 is 12.9. The Kier molecular flexibility index (Phi) is 6.72. The Hall–Kier alpha value is -3.06. The van der Waals surface area contributed by atoms with Crippen molar-refractivity contribution in [2.24, 2.45) is 0 Å². The summed E-state index contributed by atoms with van der Waals surface area (Å²) in [6.45, 7) is 4.25. The maximum atomic E-state index is 12.9. The summed E-state index contributed by atoms with van der Waals surface area (Å²) in [7, 11) is 0. The molecule has 0 spiro atoms. The van der Waals surface area contributed by atoms with Crippen LogP contribution < -0.4 is 10.6 Å². The van der Waals surface area contributed by atoms with Gasteiger partial charge >= 0.3 is 0 Å². The lowest BCUT2D eigenvalue weighted by Crippen LogP contribution is -2.13. The van der Waals surface area contributed by atoms with Crippen LogP contribution in [-0.2, 0) is 11.2 Å². The smallest absolute Gasteiger partial charge is 0.257 e. The number of aryl methyl sites for hydroxylation is 1. The lowest BCUT2D eigenvalue weighted by atomic mass is 10.0. The average molecular weight is 412 g/mol. The highest BCUT2D eigenvalue weighted by Crippen LogP contribution is 2.19. The molecule has 1 aromatic heterocycles. The zero-order valence-corrected chi connectivity index (χ0v) is 17.1. The summed E-state index contributed by atoms with van der Waals surface area (Å²) in [5, 5.41) is 7.82. The summed E-state index contributed by atoms with van der Waals surface area (Å²) in [6, 6.07) is 13.1. The van der Waals surface area contributed by atoms with Gasteiger partial charge in [-0.2, -0.15) is 0 Å². The van der Waals surface area contributed by atoms with Crippen molar-refractivity contribution in [3.63, 3.8) is 0 Å². The first-order valence-electron chi connectivity index (χ1n) is 9.32. The molecule has 2 aromatic carbocycles. The molecule has 3 aromatic rings. The summed E-state index contributed by atoms with van der Waals surface area (Å²) in [5.41, 5.74) is 3.08. The Morgan fingerprint density at radius 2 is 1.72 bits per heavy atom. The highest BCUT2D eigenvalue weighted by atomic mass is 32.1. The van der Waals surface area contributed by atoms with Gasteiger partial charge in [0.2, 0.25) is 5.91 Å². The van der Waals surface area contributed by atoms with Crippen LogP contribution in [0.1, 0.15) is 47.8 Å². The quantitative estimate of drug-likeness (QED) is 0.559. The molecule has 29 heavy (non-hydrogen) atoms. The van der Waals surface area contributed by atoms with Gasteiger partial charge in [0, 0.05) is 23.1 Å². The van der Waals surface area contributed by atoms with Gasteiger partial charge in [-0.05, 0) is 54.3 Å². The third-order valence-electron chi connectivity index (χ3n) is 4.35. The SMILES string of the molecule is CC(C)c1ccc(NC(=O)CCc2csc(NC(=O)c3ccc(F)cc3)n2)cc1. The first-order chi connectivity index (χ1) is 13.9. The second-order valence-corrected chi connectivity index (χ2v) is 7.79. The predicted octanol–water partition coefficient (Wildman–Crippen LogP) is 5.23. The number of hydrogen-bond acceptors (Lipinski definition) is 4. The van der Waals surface area contributed by atoms with E-state index in [2.05, 4.69) is 29.5 Å². The number of hydrogen-bond donors (Lipinski definition) is 2. The highest BCUT2D eigenvalue weighted by molar-refractivity contribution is 7.14. The van der Waals surface area contributed by atoms with E-state index in [0.29, 0.717) is 29.5 Å². The van der Waals surface area contributed by atoms with Crippen LogP contribution in [0.2, 0.25) is 0 Å². The molecule has 5 nitrogen and oxygen atoms in total. The zero-order chi connectivity index (χ0) is 20.8. The Balaban J connectivity index is 1.49. The normalized spacial score (nSPS) is 10.8. The van der Waals surface area contributed by atoms with Crippen molar-refractivity contribution < 1.29 is 14.0 Å². The molecule has 0 fully saturated rings. The minimum atomic E-state index is -0.396. The summed E-state index contributed by atoms with van der Waals surface area (Å²) in [5.74, 6) is -0.393. The molecule has 0 aliphatic heterocycles. The molecule has 1 heterocycles. The fraction of sp³-hybridized carbons (Fsp3) is 0.227. The van der Waals surface area contributed by atoms with Crippen LogP contribution in [0.25, 0.3) is 0 Å². The molecule has 150 valence electrons. The van der Waals surface area contributed by atoms with Crippen molar-refractivity contribution in [1.82, 2.24) is 4.98 Å². The minimum Gasteiger partial charge on any atom is -0.326 e. The molecule has 0 bridgehead atoms. The van der Waals surface area contributed by atoms with Gasteiger partial charge in [0.1, 0.15) is 5.82 Å². The number of anilines is 2. The first kappa shape index (κ1) is 20.7. The van der Waals surface area contributed by atoms with Gasteiger partial charge in [0.25, 0.3) is 5.91 Å². The van der Waals surface area contributed by atoms with Crippen LogP contribution >= 0.6 is 11.3 Å². The van der Waals surface area contributed by atoms with E-state index < -0.39 is 5.82 Å². The molecule has 3 rings (SSSR count). The highest BCUT2D eigenvalue weighted by Gasteiger charge is 2.11. The number of nitrogens with zero attached hydrogens (tertiary/aromatic N) is 1. The maximum Gasteiger partial charge on any atom is 0.257 e. The largest absolute Gasteiger partial charge is 0.326 e. The Morgan fingerprint density at radius 1 is 1.03 bits per heavy atom. The van der Waals surface area contributed by atoms with Crippen LogP contribution in [-0.4, -0.2) is 16.8 Å². The number of benzene rings is 2. The third kappa shape index (κ3) is 5.96. The van der Waals surface area contributed by atoms with Crippen molar-refractivity contribution in [1.29, 1.82) is 0 Å². The Morgan fingerprint density at radius 3 is 2.38 bits per heavy atom. The van der Waals surface area contributed by atoms with Crippen LogP contribution in [0.15, 0.2) is 53.9 Å². The van der Waals surface area contributed by atoms with Gasteiger partial charge in [-0.3, -0.25) is 14.9 Å². The third-order valence-corrected chi connectivity index (χ3v) is 5.15. The number of halogens is 1. The van der Waals surface area contributed by atoms with Crippen LogP contribution in [0, 0.1) is 5.82 Å². The van der Waals surface area contributed by atoms with Crippen molar-refractivity contribution in [3.05, 3.63) is 76.5 Å². The van der Waals surface area contributed by atoms with Gasteiger partial charge in [-0.15, -0.1) is 11.3 Å². The average Bonchev–Trinajstić information content (AvgIpc) is 3.14. The minimum absolute atomic E-state index is 0.0906. The number of rotatable bonds is 7. The zero-order valence-electron chi connectivity index (χ0n) is 16.2. The van der Waals surface area contributed by atoms with Gasteiger partial charge in [0.05, 0.1) is 5.69 Å². The van der Waals surface area contributed by atoms with Crippen molar-refractivity contribution in [2.75, 3.05) is 10.6 Å². The van der Waals surface area contributed by atoms with E-state index in [4.69, 9.17) is 0 Å². The summed E-state index contributed by atoms with van der Waals surface area (Å²) >= 11 is 1.29. The van der Waals surface area contributed by atoms with Crippen LogP contribution in [0.3, 0.4) is 0 Å². The van der Waals surface area contributed by atoms with Gasteiger partial charge < -0.3 is 5.32 Å². The first-order valence-corrected chi connectivity index (χ1v) is 10.2. The monoisotopic (exact) mass is 411 g/mol. The second kappa shape index (κ2) is 9.43. The molecule has 0 aliphatic rings. The summed E-state index contributed by atoms with van der Waals surface area (Å²) in [6.07, 6.45) is 0.764. The molecule has 7 heteroatoms. The van der Waals surface area contributed by atoms with E-state index in [0.717, 1.165) is 11.4 Å². The topological polar surface area (TPSA) is 71.1 Å². The standard InChI is InChI=1S/C22H22FN3O2S/c1-14(2)15-5-9-18(10-6-15)24-20(27)12-11-19-13-29-22(25-19)26-21(28)16-3-7-17(23)8-4-16/h3-10,13-14H,11-12H2,1-2H3,(H,24,27)(H,25,26,28). The maximum absolute atomic E-state index is 12.9.